The van der Waals surface area contributed by atoms with Gasteiger partial charge in [-0.2, -0.15) is 0 Å². The predicted molar refractivity (Wildman–Crippen MR) is 85.5 cm³/mol. The second kappa shape index (κ2) is 6.26. The van der Waals surface area contributed by atoms with Gasteiger partial charge in [0.1, 0.15) is 5.75 Å². The van der Waals surface area contributed by atoms with Gasteiger partial charge in [-0.25, -0.2) is 0 Å². The maximum Gasteiger partial charge on any atom is 0.235 e. The molecule has 22 heavy (non-hydrogen) atoms. The number of piperidine rings is 1. The number of hydrogen-bond acceptors (Lipinski definition) is 4. The van der Waals surface area contributed by atoms with Crippen molar-refractivity contribution < 1.29 is 14.3 Å². The van der Waals surface area contributed by atoms with Gasteiger partial charge in [0.15, 0.2) is 0 Å². The lowest BCUT2D eigenvalue weighted by atomic mass is 9.78. The zero-order valence-electron chi connectivity index (χ0n) is 13.4. The molecule has 120 valence electrons. The number of ether oxygens (including phenoxy) is 2. The Hall–Kier alpha value is -1.59. The first-order chi connectivity index (χ1) is 10.7. The van der Waals surface area contributed by atoms with Crippen LogP contribution in [0.2, 0.25) is 0 Å². The number of nitrogens with zero attached hydrogens (tertiary/aromatic N) is 1. The zero-order chi connectivity index (χ0) is 15.6. The van der Waals surface area contributed by atoms with Crippen LogP contribution in [-0.2, 0) is 16.0 Å². The topological polar surface area (TPSA) is 50.8 Å². The third-order valence-electron chi connectivity index (χ3n) is 4.86. The number of methoxy groups -OCH3 is 2. The minimum absolute atomic E-state index is 0.208. The molecule has 1 amide bonds. The van der Waals surface area contributed by atoms with E-state index in [1.807, 2.05) is 23.1 Å². The Morgan fingerprint density at radius 2 is 2.09 bits per heavy atom. The fourth-order valence-electron chi connectivity index (χ4n) is 3.60. The fraction of sp³-hybridized carbons (Fsp3) is 0.588. The first kappa shape index (κ1) is 15.3. The van der Waals surface area contributed by atoms with Gasteiger partial charge in [-0.05, 0) is 56.1 Å². The van der Waals surface area contributed by atoms with Crippen LogP contribution in [0.25, 0.3) is 0 Å². The van der Waals surface area contributed by atoms with Gasteiger partial charge < -0.3 is 19.7 Å². The van der Waals surface area contributed by atoms with Gasteiger partial charge in [0.2, 0.25) is 5.91 Å². The van der Waals surface area contributed by atoms with E-state index >= 15 is 0 Å². The van der Waals surface area contributed by atoms with Crippen molar-refractivity contribution in [3.05, 3.63) is 23.8 Å². The highest BCUT2D eigenvalue weighted by atomic mass is 16.5. The van der Waals surface area contributed by atoms with E-state index in [1.54, 1.807) is 14.2 Å². The SMILES string of the molecule is COCC1(C(=O)N2CCc3cc(OC)ccc32)CCNCC1. The van der Waals surface area contributed by atoms with E-state index in [0.717, 1.165) is 50.3 Å². The van der Waals surface area contributed by atoms with Crippen LogP contribution in [0, 0.1) is 5.41 Å². The third-order valence-corrected chi connectivity index (χ3v) is 4.86. The Labute approximate surface area is 131 Å². The molecule has 1 saturated heterocycles. The molecular formula is C17H24N2O3. The summed E-state index contributed by atoms with van der Waals surface area (Å²) in [5.41, 5.74) is 1.83. The Morgan fingerprint density at radius 3 is 2.77 bits per heavy atom. The number of nitrogens with one attached hydrogen (secondary N) is 1. The van der Waals surface area contributed by atoms with Crippen LogP contribution in [0.3, 0.4) is 0 Å². The molecule has 0 unspecified atom stereocenters. The quantitative estimate of drug-likeness (QED) is 0.918. The highest BCUT2D eigenvalue weighted by Crippen LogP contribution is 2.38. The largest absolute Gasteiger partial charge is 0.497 e. The number of rotatable bonds is 4. The van der Waals surface area contributed by atoms with Gasteiger partial charge in [0.05, 0.1) is 19.1 Å². The fourth-order valence-corrected chi connectivity index (χ4v) is 3.60. The van der Waals surface area contributed by atoms with E-state index < -0.39 is 0 Å². The number of amides is 1. The predicted octanol–water partition coefficient (Wildman–Crippen LogP) is 1.60. The van der Waals surface area contributed by atoms with Crippen molar-refractivity contribution in [3.8, 4) is 5.75 Å². The monoisotopic (exact) mass is 304 g/mol. The van der Waals surface area contributed by atoms with Gasteiger partial charge in [-0.1, -0.05) is 0 Å². The molecule has 1 N–H and O–H groups in total. The molecule has 0 radical (unpaired) electrons. The van der Waals surface area contributed by atoms with E-state index in [4.69, 9.17) is 9.47 Å². The van der Waals surface area contributed by atoms with E-state index in [9.17, 15) is 4.79 Å². The van der Waals surface area contributed by atoms with Crippen LogP contribution in [0.15, 0.2) is 18.2 Å². The molecule has 0 saturated carbocycles. The molecule has 1 fully saturated rings. The normalized spacial score (nSPS) is 19.8. The standard InChI is InChI=1S/C17H24N2O3/c1-21-12-17(6-8-18-9-7-17)16(20)19-10-5-13-11-14(22-2)3-4-15(13)19/h3-4,11,18H,5-10,12H2,1-2H3. The zero-order valence-corrected chi connectivity index (χ0v) is 13.4. The van der Waals surface area contributed by atoms with Crippen LogP contribution in [-0.4, -0.2) is 46.4 Å². The third kappa shape index (κ3) is 2.59. The molecule has 2 aliphatic heterocycles. The number of fused-ring (bicyclic) bond motifs is 1. The van der Waals surface area contributed by atoms with Crippen molar-refractivity contribution >= 4 is 11.6 Å². The average Bonchev–Trinajstić information content (AvgIpc) is 2.98. The van der Waals surface area contributed by atoms with E-state index in [-0.39, 0.29) is 11.3 Å². The summed E-state index contributed by atoms with van der Waals surface area (Å²) in [6.45, 7) is 2.99. The van der Waals surface area contributed by atoms with Crippen LogP contribution in [0.5, 0.6) is 5.75 Å². The van der Waals surface area contributed by atoms with Gasteiger partial charge in [0, 0.05) is 19.3 Å². The molecule has 0 aromatic heterocycles. The van der Waals surface area contributed by atoms with Crippen LogP contribution in [0.1, 0.15) is 18.4 Å². The minimum atomic E-state index is -0.387. The Balaban J connectivity index is 1.87. The summed E-state index contributed by atoms with van der Waals surface area (Å²) in [5, 5.41) is 3.33. The van der Waals surface area contributed by atoms with Crippen LogP contribution in [0.4, 0.5) is 5.69 Å². The van der Waals surface area contributed by atoms with E-state index in [2.05, 4.69) is 5.32 Å². The first-order valence-corrected chi connectivity index (χ1v) is 7.89. The maximum absolute atomic E-state index is 13.2. The molecule has 5 nitrogen and oxygen atoms in total. The lowest BCUT2D eigenvalue weighted by Gasteiger charge is -2.38. The van der Waals surface area contributed by atoms with Crippen LogP contribution < -0.4 is 15.0 Å². The Kier molecular flexibility index (Phi) is 4.36. The number of carbonyl (C=O) groups excluding carboxylic acids is 1. The van der Waals surface area contributed by atoms with Crippen molar-refractivity contribution in [3.63, 3.8) is 0 Å². The van der Waals surface area contributed by atoms with Crippen molar-refractivity contribution in [2.24, 2.45) is 5.41 Å². The lowest BCUT2D eigenvalue weighted by molar-refractivity contribution is -0.133. The Morgan fingerprint density at radius 1 is 1.32 bits per heavy atom. The van der Waals surface area contributed by atoms with Crippen molar-refractivity contribution in [1.82, 2.24) is 5.32 Å². The van der Waals surface area contributed by atoms with Gasteiger partial charge in [-0.3, -0.25) is 4.79 Å². The molecule has 1 aromatic carbocycles. The molecule has 3 rings (SSSR count). The smallest absolute Gasteiger partial charge is 0.235 e. The molecule has 1 aromatic rings. The summed E-state index contributed by atoms with van der Waals surface area (Å²) in [7, 11) is 3.35. The molecule has 0 aliphatic carbocycles. The number of benzene rings is 1. The minimum Gasteiger partial charge on any atom is -0.497 e. The molecule has 0 bridgehead atoms. The second-order valence-electron chi connectivity index (χ2n) is 6.16. The molecule has 5 heteroatoms. The van der Waals surface area contributed by atoms with E-state index in [0.29, 0.717) is 6.61 Å². The highest BCUT2D eigenvalue weighted by molar-refractivity contribution is 5.99. The van der Waals surface area contributed by atoms with Gasteiger partial charge in [-0.15, -0.1) is 0 Å². The van der Waals surface area contributed by atoms with Crippen molar-refractivity contribution in [2.75, 3.05) is 45.4 Å². The van der Waals surface area contributed by atoms with Crippen molar-refractivity contribution in [2.45, 2.75) is 19.3 Å². The lowest BCUT2D eigenvalue weighted by Crippen LogP contribution is -2.51. The summed E-state index contributed by atoms with van der Waals surface area (Å²) < 4.78 is 10.7. The summed E-state index contributed by atoms with van der Waals surface area (Å²) in [4.78, 5) is 15.2. The molecule has 2 aliphatic rings. The highest BCUT2D eigenvalue weighted by Gasteiger charge is 2.44. The first-order valence-electron chi connectivity index (χ1n) is 7.89. The summed E-state index contributed by atoms with van der Waals surface area (Å²) >= 11 is 0. The molecule has 2 heterocycles. The molecule has 0 spiro atoms. The number of anilines is 1. The average molecular weight is 304 g/mol. The van der Waals surface area contributed by atoms with E-state index in [1.165, 1.54) is 5.56 Å². The number of carbonyl (C=O) groups is 1. The Bertz CT molecular complexity index is 547. The van der Waals surface area contributed by atoms with Crippen LogP contribution >= 0.6 is 0 Å². The summed E-state index contributed by atoms with van der Waals surface area (Å²) in [5.74, 6) is 1.06. The summed E-state index contributed by atoms with van der Waals surface area (Å²) in [6.07, 6.45) is 2.56. The van der Waals surface area contributed by atoms with Gasteiger partial charge in [0.25, 0.3) is 0 Å². The molecular weight excluding hydrogens is 280 g/mol. The van der Waals surface area contributed by atoms with Gasteiger partial charge >= 0.3 is 0 Å². The maximum atomic E-state index is 13.2. The second-order valence-corrected chi connectivity index (χ2v) is 6.16. The summed E-state index contributed by atoms with van der Waals surface area (Å²) in [6, 6.07) is 5.96. The molecule has 0 atom stereocenters. The van der Waals surface area contributed by atoms with Crippen molar-refractivity contribution in [1.29, 1.82) is 0 Å². The number of hydrogen-bond donors (Lipinski definition) is 1.